The van der Waals surface area contributed by atoms with Crippen molar-refractivity contribution in [1.29, 1.82) is 5.26 Å². The van der Waals surface area contributed by atoms with Crippen molar-refractivity contribution in [2.45, 2.75) is 6.54 Å². The summed E-state index contributed by atoms with van der Waals surface area (Å²) in [5.41, 5.74) is 1.35. The van der Waals surface area contributed by atoms with E-state index in [2.05, 4.69) is 5.32 Å². The second kappa shape index (κ2) is 6.35. The Bertz CT molecular complexity index is 732. The number of aromatic carboxylic acids is 1. The lowest BCUT2D eigenvalue weighted by molar-refractivity contribution is 0.0691. The van der Waals surface area contributed by atoms with Gasteiger partial charge >= 0.3 is 5.97 Å². The molecule has 21 heavy (non-hydrogen) atoms. The summed E-state index contributed by atoms with van der Waals surface area (Å²) in [7, 11) is 0. The highest BCUT2D eigenvalue weighted by atomic mass is 16.4. The standard InChI is InChI=1S/C16H12N2O3/c17-9-11-4-3-5-12(8-11)10-18-15(19)13-6-1-2-7-14(13)16(20)21/h1-8H,10H2,(H,18,19)(H,20,21). The first-order chi connectivity index (χ1) is 10.1. The Morgan fingerprint density at radius 3 is 2.48 bits per heavy atom. The number of nitriles is 1. The van der Waals surface area contributed by atoms with E-state index in [0.29, 0.717) is 5.56 Å². The predicted molar refractivity (Wildman–Crippen MR) is 75.7 cm³/mol. The van der Waals surface area contributed by atoms with Gasteiger partial charge in [0.2, 0.25) is 0 Å². The summed E-state index contributed by atoms with van der Waals surface area (Å²) < 4.78 is 0. The van der Waals surface area contributed by atoms with Crippen LogP contribution in [0.4, 0.5) is 0 Å². The SMILES string of the molecule is N#Cc1cccc(CNC(=O)c2ccccc2C(=O)O)c1. The fourth-order valence-electron chi connectivity index (χ4n) is 1.90. The zero-order chi connectivity index (χ0) is 15.2. The fraction of sp³-hybridized carbons (Fsp3) is 0.0625. The normalized spacial score (nSPS) is 9.67. The van der Waals surface area contributed by atoms with E-state index >= 15 is 0 Å². The van der Waals surface area contributed by atoms with Crippen LogP contribution in [0.2, 0.25) is 0 Å². The van der Waals surface area contributed by atoms with E-state index in [4.69, 9.17) is 10.4 Å². The molecule has 2 aromatic carbocycles. The van der Waals surface area contributed by atoms with Crippen molar-refractivity contribution in [2.75, 3.05) is 0 Å². The van der Waals surface area contributed by atoms with Gasteiger partial charge in [0, 0.05) is 6.54 Å². The van der Waals surface area contributed by atoms with Gasteiger partial charge in [0.25, 0.3) is 5.91 Å². The largest absolute Gasteiger partial charge is 0.478 e. The van der Waals surface area contributed by atoms with Gasteiger partial charge in [-0.05, 0) is 29.8 Å². The van der Waals surface area contributed by atoms with Crippen molar-refractivity contribution in [3.8, 4) is 6.07 Å². The lowest BCUT2D eigenvalue weighted by Crippen LogP contribution is -2.24. The summed E-state index contributed by atoms with van der Waals surface area (Å²) in [5, 5.41) is 20.5. The molecule has 0 spiro atoms. The molecule has 2 rings (SSSR count). The monoisotopic (exact) mass is 280 g/mol. The Balaban J connectivity index is 2.12. The number of benzene rings is 2. The zero-order valence-corrected chi connectivity index (χ0v) is 11.0. The average Bonchev–Trinajstić information content (AvgIpc) is 2.52. The molecule has 0 heterocycles. The molecule has 0 radical (unpaired) electrons. The molecule has 0 aromatic heterocycles. The Kier molecular flexibility index (Phi) is 4.32. The Morgan fingerprint density at radius 2 is 1.81 bits per heavy atom. The first kappa shape index (κ1) is 14.3. The topological polar surface area (TPSA) is 90.2 Å². The van der Waals surface area contributed by atoms with Gasteiger partial charge in [-0.1, -0.05) is 24.3 Å². The van der Waals surface area contributed by atoms with Gasteiger partial charge in [0.15, 0.2) is 0 Å². The summed E-state index contributed by atoms with van der Waals surface area (Å²) in [5.74, 6) is -1.61. The molecule has 0 aliphatic heterocycles. The second-order valence-electron chi connectivity index (χ2n) is 4.35. The minimum absolute atomic E-state index is 0.0409. The molecule has 5 nitrogen and oxygen atoms in total. The Morgan fingerprint density at radius 1 is 1.10 bits per heavy atom. The number of rotatable bonds is 4. The summed E-state index contributed by atoms with van der Waals surface area (Å²) >= 11 is 0. The van der Waals surface area contributed by atoms with Crippen LogP contribution in [0.5, 0.6) is 0 Å². The predicted octanol–water partition coefficient (Wildman–Crippen LogP) is 2.19. The number of nitrogens with zero attached hydrogens (tertiary/aromatic N) is 1. The number of hydrogen-bond donors (Lipinski definition) is 2. The van der Waals surface area contributed by atoms with Crippen molar-refractivity contribution in [2.24, 2.45) is 0 Å². The maximum atomic E-state index is 12.1. The number of hydrogen-bond acceptors (Lipinski definition) is 3. The van der Waals surface area contributed by atoms with Crippen LogP contribution >= 0.6 is 0 Å². The first-order valence-corrected chi connectivity index (χ1v) is 6.21. The molecule has 0 unspecified atom stereocenters. The van der Waals surface area contributed by atoms with Crippen molar-refractivity contribution in [3.63, 3.8) is 0 Å². The van der Waals surface area contributed by atoms with E-state index in [1.54, 1.807) is 36.4 Å². The van der Waals surface area contributed by atoms with Gasteiger partial charge in [-0.15, -0.1) is 0 Å². The van der Waals surface area contributed by atoms with Crippen molar-refractivity contribution in [3.05, 3.63) is 70.8 Å². The molecule has 1 amide bonds. The molecule has 5 heteroatoms. The van der Waals surface area contributed by atoms with Gasteiger partial charge < -0.3 is 10.4 Å². The van der Waals surface area contributed by atoms with Gasteiger partial charge in [0.05, 0.1) is 22.8 Å². The van der Waals surface area contributed by atoms with E-state index in [1.807, 2.05) is 6.07 Å². The molecule has 0 atom stereocenters. The summed E-state index contributed by atoms with van der Waals surface area (Å²) in [4.78, 5) is 23.1. The quantitative estimate of drug-likeness (QED) is 0.898. The number of amides is 1. The van der Waals surface area contributed by atoms with Crippen LogP contribution in [-0.4, -0.2) is 17.0 Å². The first-order valence-electron chi connectivity index (χ1n) is 6.21. The van der Waals surface area contributed by atoms with E-state index in [9.17, 15) is 9.59 Å². The van der Waals surface area contributed by atoms with E-state index < -0.39 is 11.9 Å². The highest BCUT2D eigenvalue weighted by Gasteiger charge is 2.15. The number of carboxylic acids is 1. The lowest BCUT2D eigenvalue weighted by Gasteiger charge is -2.08. The molecule has 0 saturated heterocycles. The van der Waals surface area contributed by atoms with Gasteiger partial charge in [-0.3, -0.25) is 4.79 Å². The highest BCUT2D eigenvalue weighted by Crippen LogP contribution is 2.09. The maximum absolute atomic E-state index is 12.1. The van der Waals surface area contributed by atoms with Crippen LogP contribution in [0, 0.1) is 11.3 Å². The number of carbonyl (C=O) groups is 2. The number of carbonyl (C=O) groups excluding carboxylic acids is 1. The third kappa shape index (κ3) is 3.45. The fourth-order valence-corrected chi connectivity index (χ4v) is 1.90. The second-order valence-corrected chi connectivity index (χ2v) is 4.35. The lowest BCUT2D eigenvalue weighted by atomic mass is 10.1. The molecular formula is C16H12N2O3. The Hall–Kier alpha value is -3.13. The van der Waals surface area contributed by atoms with E-state index in [-0.39, 0.29) is 17.7 Å². The number of nitrogens with one attached hydrogen (secondary N) is 1. The van der Waals surface area contributed by atoms with Crippen LogP contribution in [0.3, 0.4) is 0 Å². The maximum Gasteiger partial charge on any atom is 0.336 e. The van der Waals surface area contributed by atoms with Crippen LogP contribution < -0.4 is 5.32 Å². The molecule has 2 N–H and O–H groups in total. The minimum atomic E-state index is -1.15. The third-order valence-electron chi connectivity index (χ3n) is 2.91. The number of carboxylic acid groups (broad SMARTS) is 1. The summed E-state index contributed by atoms with van der Waals surface area (Å²) in [6, 6.07) is 14.9. The van der Waals surface area contributed by atoms with E-state index in [0.717, 1.165) is 5.56 Å². The molecule has 104 valence electrons. The van der Waals surface area contributed by atoms with Crippen LogP contribution in [-0.2, 0) is 6.54 Å². The van der Waals surface area contributed by atoms with E-state index in [1.165, 1.54) is 12.1 Å². The highest BCUT2D eigenvalue weighted by molar-refractivity contribution is 6.04. The molecular weight excluding hydrogens is 268 g/mol. The van der Waals surface area contributed by atoms with Crippen molar-refractivity contribution in [1.82, 2.24) is 5.32 Å². The molecule has 0 saturated carbocycles. The summed E-state index contributed by atoms with van der Waals surface area (Å²) in [6.07, 6.45) is 0. The van der Waals surface area contributed by atoms with Gasteiger partial charge in [-0.2, -0.15) is 5.26 Å². The zero-order valence-electron chi connectivity index (χ0n) is 11.0. The average molecular weight is 280 g/mol. The third-order valence-corrected chi connectivity index (χ3v) is 2.91. The Labute approximate surface area is 121 Å². The van der Waals surface area contributed by atoms with Gasteiger partial charge in [0.1, 0.15) is 0 Å². The van der Waals surface area contributed by atoms with Gasteiger partial charge in [-0.25, -0.2) is 4.79 Å². The molecule has 2 aromatic rings. The molecule has 0 bridgehead atoms. The molecule has 0 aliphatic rings. The minimum Gasteiger partial charge on any atom is -0.478 e. The van der Waals surface area contributed by atoms with Crippen LogP contribution in [0.1, 0.15) is 31.8 Å². The molecule has 0 fully saturated rings. The summed E-state index contributed by atoms with van der Waals surface area (Å²) in [6.45, 7) is 0.225. The smallest absolute Gasteiger partial charge is 0.336 e. The molecule has 0 aliphatic carbocycles. The van der Waals surface area contributed by atoms with Crippen molar-refractivity contribution < 1.29 is 14.7 Å². The van der Waals surface area contributed by atoms with Crippen LogP contribution in [0.25, 0.3) is 0 Å². The van der Waals surface area contributed by atoms with Crippen LogP contribution in [0.15, 0.2) is 48.5 Å². The van der Waals surface area contributed by atoms with Crippen molar-refractivity contribution >= 4 is 11.9 Å².